The molecule has 0 aliphatic heterocycles. The number of hydrogen-bond acceptors (Lipinski definition) is 3. The molecule has 4 aromatic rings. The van der Waals surface area contributed by atoms with Crippen LogP contribution in [0.4, 0.5) is 5.13 Å². The van der Waals surface area contributed by atoms with Crippen molar-refractivity contribution in [3.63, 3.8) is 0 Å². The Morgan fingerprint density at radius 1 is 1.12 bits per heavy atom. The molecule has 0 unspecified atom stereocenters. The van der Waals surface area contributed by atoms with Crippen LogP contribution in [0.25, 0.3) is 22.2 Å². The Kier molecular flexibility index (Phi) is 3.80. The van der Waals surface area contributed by atoms with Gasteiger partial charge in [0, 0.05) is 28.0 Å². The molecule has 1 amide bonds. The minimum atomic E-state index is -0.263. The van der Waals surface area contributed by atoms with Crippen molar-refractivity contribution >= 4 is 44.9 Å². The molecule has 0 aliphatic rings. The number of aromatic nitrogens is 2. The monoisotopic (exact) mass is 353 g/mol. The van der Waals surface area contributed by atoms with E-state index in [0.717, 1.165) is 22.2 Å². The van der Waals surface area contributed by atoms with E-state index in [1.807, 2.05) is 35.8 Å². The predicted molar refractivity (Wildman–Crippen MR) is 98.8 cm³/mol. The standard InChI is InChI=1S/C18H12ClN3OS/c19-14-7-3-1-6-12(14)17(23)22-18-21-16(10-24-18)13-9-20-15-8-4-2-5-11(13)15/h1-10,20H,(H,21,22,23). The molecule has 24 heavy (non-hydrogen) atoms. The molecule has 4 rings (SSSR count). The summed E-state index contributed by atoms with van der Waals surface area (Å²) in [4.78, 5) is 20.1. The zero-order valence-corrected chi connectivity index (χ0v) is 14.0. The molecule has 0 radical (unpaired) electrons. The Bertz CT molecular complexity index is 1040. The van der Waals surface area contributed by atoms with Crippen LogP contribution in [0.1, 0.15) is 10.4 Å². The minimum absolute atomic E-state index is 0.263. The van der Waals surface area contributed by atoms with E-state index in [-0.39, 0.29) is 5.91 Å². The fourth-order valence-corrected chi connectivity index (χ4v) is 3.48. The Morgan fingerprint density at radius 2 is 1.92 bits per heavy atom. The lowest BCUT2D eigenvalue weighted by Crippen LogP contribution is -2.12. The zero-order chi connectivity index (χ0) is 16.5. The number of fused-ring (bicyclic) bond motifs is 1. The van der Waals surface area contributed by atoms with E-state index in [0.29, 0.717) is 15.7 Å². The first kappa shape index (κ1) is 14.9. The number of rotatable bonds is 3. The molecule has 2 aromatic carbocycles. The summed E-state index contributed by atoms with van der Waals surface area (Å²) in [6.07, 6.45) is 1.93. The highest BCUT2D eigenvalue weighted by Gasteiger charge is 2.14. The smallest absolute Gasteiger partial charge is 0.258 e. The number of benzene rings is 2. The van der Waals surface area contributed by atoms with E-state index in [9.17, 15) is 4.79 Å². The number of anilines is 1. The van der Waals surface area contributed by atoms with Gasteiger partial charge in [-0.05, 0) is 18.2 Å². The zero-order valence-electron chi connectivity index (χ0n) is 12.4. The maximum Gasteiger partial charge on any atom is 0.258 e. The van der Waals surface area contributed by atoms with Gasteiger partial charge < -0.3 is 4.98 Å². The van der Waals surface area contributed by atoms with Crippen LogP contribution in [0.3, 0.4) is 0 Å². The molecule has 0 saturated carbocycles. The molecule has 0 bridgehead atoms. The van der Waals surface area contributed by atoms with Gasteiger partial charge in [-0.25, -0.2) is 4.98 Å². The largest absolute Gasteiger partial charge is 0.360 e. The van der Waals surface area contributed by atoms with Crippen LogP contribution >= 0.6 is 22.9 Å². The van der Waals surface area contributed by atoms with Gasteiger partial charge in [-0.3, -0.25) is 10.1 Å². The van der Waals surface area contributed by atoms with Crippen LogP contribution in [0, 0.1) is 0 Å². The van der Waals surface area contributed by atoms with Gasteiger partial charge in [-0.1, -0.05) is 41.9 Å². The highest BCUT2D eigenvalue weighted by molar-refractivity contribution is 7.14. The number of aromatic amines is 1. The van der Waals surface area contributed by atoms with Crippen molar-refractivity contribution < 1.29 is 4.79 Å². The van der Waals surface area contributed by atoms with Gasteiger partial charge in [0.15, 0.2) is 5.13 Å². The second-order valence-corrected chi connectivity index (χ2v) is 6.49. The van der Waals surface area contributed by atoms with Gasteiger partial charge >= 0.3 is 0 Å². The van der Waals surface area contributed by atoms with Crippen LogP contribution in [-0.2, 0) is 0 Å². The van der Waals surface area contributed by atoms with Gasteiger partial charge in [0.1, 0.15) is 0 Å². The average Bonchev–Trinajstić information content (AvgIpc) is 3.21. The van der Waals surface area contributed by atoms with Gasteiger partial charge in [-0.2, -0.15) is 0 Å². The molecule has 4 nitrogen and oxygen atoms in total. The fourth-order valence-electron chi connectivity index (χ4n) is 2.55. The first-order valence-electron chi connectivity index (χ1n) is 7.30. The van der Waals surface area contributed by atoms with Crippen molar-refractivity contribution in [1.29, 1.82) is 0 Å². The minimum Gasteiger partial charge on any atom is -0.360 e. The summed E-state index contributed by atoms with van der Waals surface area (Å²) in [5, 5.41) is 6.80. The molecule has 0 fully saturated rings. The third-order valence-electron chi connectivity index (χ3n) is 3.71. The molecule has 0 atom stereocenters. The van der Waals surface area contributed by atoms with Crippen molar-refractivity contribution in [3.8, 4) is 11.3 Å². The summed E-state index contributed by atoms with van der Waals surface area (Å²) in [6.45, 7) is 0. The molecule has 6 heteroatoms. The van der Waals surface area contributed by atoms with Crippen molar-refractivity contribution in [1.82, 2.24) is 9.97 Å². The summed E-state index contributed by atoms with van der Waals surface area (Å²) in [7, 11) is 0. The summed E-state index contributed by atoms with van der Waals surface area (Å²) in [6, 6.07) is 15.0. The SMILES string of the molecule is O=C(Nc1nc(-c2c[nH]c3ccccc23)cs1)c1ccccc1Cl. The summed E-state index contributed by atoms with van der Waals surface area (Å²) in [5.74, 6) is -0.263. The molecule has 0 saturated heterocycles. The summed E-state index contributed by atoms with van der Waals surface area (Å²) < 4.78 is 0. The number of carbonyl (C=O) groups is 1. The number of carbonyl (C=O) groups excluding carboxylic acids is 1. The highest BCUT2D eigenvalue weighted by atomic mass is 35.5. The van der Waals surface area contributed by atoms with Gasteiger partial charge in [0.2, 0.25) is 0 Å². The van der Waals surface area contributed by atoms with Crippen molar-refractivity contribution in [2.45, 2.75) is 0 Å². The van der Waals surface area contributed by atoms with E-state index >= 15 is 0 Å². The highest BCUT2D eigenvalue weighted by Crippen LogP contribution is 2.31. The van der Waals surface area contributed by atoms with Gasteiger partial charge in [0.05, 0.1) is 16.3 Å². The van der Waals surface area contributed by atoms with Gasteiger partial charge in [0.25, 0.3) is 5.91 Å². The van der Waals surface area contributed by atoms with Crippen LogP contribution in [0.2, 0.25) is 5.02 Å². The van der Waals surface area contributed by atoms with Crippen molar-refractivity contribution in [3.05, 3.63) is 70.7 Å². The maximum absolute atomic E-state index is 12.3. The normalized spacial score (nSPS) is 10.9. The van der Waals surface area contributed by atoms with Crippen molar-refractivity contribution in [2.24, 2.45) is 0 Å². The topological polar surface area (TPSA) is 57.8 Å². The molecular formula is C18H12ClN3OS. The maximum atomic E-state index is 12.3. The lowest BCUT2D eigenvalue weighted by atomic mass is 10.1. The van der Waals surface area contributed by atoms with Crippen LogP contribution in [-0.4, -0.2) is 15.9 Å². The Morgan fingerprint density at radius 3 is 2.79 bits per heavy atom. The van der Waals surface area contributed by atoms with E-state index in [1.54, 1.807) is 24.3 Å². The van der Waals surface area contributed by atoms with Crippen LogP contribution in [0.5, 0.6) is 0 Å². The first-order valence-corrected chi connectivity index (χ1v) is 8.56. The fraction of sp³-hybridized carbons (Fsp3) is 0. The third-order valence-corrected chi connectivity index (χ3v) is 4.80. The average molecular weight is 354 g/mol. The Hall–Kier alpha value is -2.63. The number of nitrogens with zero attached hydrogens (tertiary/aromatic N) is 1. The predicted octanol–water partition coefficient (Wildman–Crippen LogP) is 5.20. The number of H-pyrrole nitrogens is 1. The number of nitrogens with one attached hydrogen (secondary N) is 2. The number of para-hydroxylation sites is 1. The molecule has 0 spiro atoms. The first-order chi connectivity index (χ1) is 11.7. The quantitative estimate of drug-likeness (QED) is 0.532. The van der Waals surface area contributed by atoms with Crippen LogP contribution < -0.4 is 5.32 Å². The van der Waals surface area contributed by atoms with Crippen LogP contribution in [0.15, 0.2) is 60.1 Å². The van der Waals surface area contributed by atoms with Gasteiger partial charge in [-0.15, -0.1) is 11.3 Å². The summed E-state index contributed by atoms with van der Waals surface area (Å²) in [5.41, 5.74) is 3.33. The van der Waals surface area contributed by atoms with E-state index in [1.165, 1.54) is 11.3 Å². The van der Waals surface area contributed by atoms with Crippen molar-refractivity contribution in [2.75, 3.05) is 5.32 Å². The lowest BCUT2D eigenvalue weighted by molar-refractivity contribution is 0.102. The molecule has 2 aromatic heterocycles. The number of amides is 1. The summed E-state index contributed by atoms with van der Waals surface area (Å²) >= 11 is 7.44. The number of thiazole rings is 1. The third kappa shape index (κ3) is 2.68. The Balaban J connectivity index is 1.61. The molecule has 2 heterocycles. The van der Waals surface area contributed by atoms with E-state index in [4.69, 9.17) is 11.6 Å². The molecule has 0 aliphatic carbocycles. The molecular weight excluding hydrogens is 342 g/mol. The van der Waals surface area contributed by atoms with E-state index in [2.05, 4.69) is 15.3 Å². The second-order valence-electron chi connectivity index (χ2n) is 5.22. The molecule has 118 valence electrons. The molecule has 2 N–H and O–H groups in total. The van der Waals surface area contributed by atoms with E-state index < -0.39 is 0 Å². The number of hydrogen-bond donors (Lipinski definition) is 2. The lowest BCUT2D eigenvalue weighted by Gasteiger charge is -2.03. The Labute approximate surface area is 147 Å². The second kappa shape index (κ2) is 6.11. The number of halogens is 1.